The lowest BCUT2D eigenvalue weighted by Crippen LogP contribution is -2.23. The quantitative estimate of drug-likeness (QED) is 0.660. The van der Waals surface area contributed by atoms with E-state index in [-0.39, 0.29) is 11.2 Å². The number of para-hydroxylation sites is 1. The van der Waals surface area contributed by atoms with Crippen LogP contribution in [0.5, 0.6) is 5.75 Å². The molecule has 134 valence electrons. The molecule has 0 aliphatic heterocycles. The number of carbonyl (C=O) groups excluding carboxylic acids is 1. The number of benzene rings is 2. The zero-order chi connectivity index (χ0) is 18.5. The van der Waals surface area contributed by atoms with Crippen LogP contribution < -0.4 is 10.1 Å². The molecule has 1 N–H and O–H groups in total. The van der Waals surface area contributed by atoms with Crippen LogP contribution in [-0.2, 0) is 4.79 Å². The van der Waals surface area contributed by atoms with E-state index in [4.69, 9.17) is 4.74 Å². The monoisotopic (exact) mass is 367 g/mol. The van der Waals surface area contributed by atoms with Gasteiger partial charge in [0, 0.05) is 23.8 Å². The molecule has 26 heavy (non-hydrogen) atoms. The number of aromatic nitrogens is 2. The third-order valence-electron chi connectivity index (χ3n) is 4.01. The summed E-state index contributed by atoms with van der Waals surface area (Å²) in [4.78, 5) is 16.9. The largest absolute Gasteiger partial charge is 0.497 e. The molecule has 0 aliphatic rings. The van der Waals surface area contributed by atoms with Crippen molar-refractivity contribution in [2.75, 3.05) is 12.4 Å². The van der Waals surface area contributed by atoms with E-state index in [1.54, 1.807) is 13.3 Å². The molecule has 6 heteroatoms. The standard InChI is InChI=1S/C20H21N3O2S/c1-14-6-4-5-7-18(14)22-19(24)15(2)26-20-21-12-13-23(20)16-8-10-17(25-3)11-9-16/h4-13,15H,1-3H3,(H,22,24). The first kappa shape index (κ1) is 18.1. The van der Waals surface area contributed by atoms with Crippen LogP contribution in [0, 0.1) is 6.92 Å². The number of rotatable bonds is 6. The third-order valence-corrected chi connectivity index (χ3v) is 5.09. The Balaban J connectivity index is 1.72. The highest BCUT2D eigenvalue weighted by atomic mass is 32.2. The number of methoxy groups -OCH3 is 1. The summed E-state index contributed by atoms with van der Waals surface area (Å²) < 4.78 is 7.16. The van der Waals surface area contributed by atoms with Gasteiger partial charge >= 0.3 is 0 Å². The van der Waals surface area contributed by atoms with E-state index < -0.39 is 0 Å². The van der Waals surface area contributed by atoms with Crippen molar-refractivity contribution in [3.05, 3.63) is 66.5 Å². The molecule has 3 rings (SSSR count). The number of ether oxygens (including phenoxy) is 1. The van der Waals surface area contributed by atoms with Crippen molar-refractivity contribution >= 4 is 23.4 Å². The number of hydrogen-bond acceptors (Lipinski definition) is 4. The molecule has 1 atom stereocenters. The molecule has 0 fully saturated rings. The van der Waals surface area contributed by atoms with Crippen molar-refractivity contribution in [3.63, 3.8) is 0 Å². The van der Waals surface area contributed by atoms with Crippen molar-refractivity contribution in [1.29, 1.82) is 0 Å². The predicted molar refractivity (Wildman–Crippen MR) is 105 cm³/mol. The summed E-state index contributed by atoms with van der Waals surface area (Å²) >= 11 is 1.42. The maximum atomic E-state index is 12.5. The van der Waals surface area contributed by atoms with E-state index >= 15 is 0 Å². The number of thioether (sulfide) groups is 1. The van der Waals surface area contributed by atoms with Crippen LogP contribution in [0.15, 0.2) is 66.1 Å². The number of nitrogens with one attached hydrogen (secondary N) is 1. The van der Waals surface area contributed by atoms with E-state index in [0.717, 1.165) is 27.8 Å². The molecule has 0 bridgehead atoms. The number of hydrogen-bond donors (Lipinski definition) is 1. The highest BCUT2D eigenvalue weighted by Gasteiger charge is 2.18. The lowest BCUT2D eigenvalue weighted by molar-refractivity contribution is -0.115. The Morgan fingerprint density at radius 1 is 1.19 bits per heavy atom. The van der Waals surface area contributed by atoms with Gasteiger partial charge in [0.1, 0.15) is 5.75 Å². The van der Waals surface area contributed by atoms with Crippen molar-refractivity contribution in [2.24, 2.45) is 0 Å². The smallest absolute Gasteiger partial charge is 0.237 e. The van der Waals surface area contributed by atoms with Gasteiger partial charge in [0.05, 0.1) is 12.4 Å². The molecular formula is C20H21N3O2S. The van der Waals surface area contributed by atoms with Gasteiger partial charge in [-0.15, -0.1) is 0 Å². The first-order chi connectivity index (χ1) is 12.6. The summed E-state index contributed by atoms with van der Waals surface area (Å²) in [6.45, 7) is 3.86. The zero-order valence-corrected chi connectivity index (χ0v) is 15.8. The SMILES string of the molecule is COc1ccc(-n2ccnc2SC(C)C(=O)Nc2ccccc2C)cc1. The van der Waals surface area contributed by atoms with Gasteiger partial charge in [-0.05, 0) is 49.7 Å². The molecule has 0 radical (unpaired) electrons. The first-order valence-electron chi connectivity index (χ1n) is 8.29. The van der Waals surface area contributed by atoms with Gasteiger partial charge in [-0.25, -0.2) is 4.98 Å². The molecule has 2 aromatic carbocycles. The summed E-state index contributed by atoms with van der Waals surface area (Å²) in [6, 6.07) is 15.5. The molecule has 1 aromatic heterocycles. The second kappa shape index (κ2) is 8.10. The van der Waals surface area contributed by atoms with E-state index in [0.29, 0.717) is 0 Å². The predicted octanol–water partition coefficient (Wildman–Crippen LogP) is 4.31. The number of carbonyl (C=O) groups is 1. The molecule has 0 aliphatic carbocycles. The van der Waals surface area contributed by atoms with E-state index in [9.17, 15) is 4.79 Å². The van der Waals surface area contributed by atoms with Crippen LogP contribution in [0.1, 0.15) is 12.5 Å². The van der Waals surface area contributed by atoms with Crippen molar-refractivity contribution in [2.45, 2.75) is 24.3 Å². The van der Waals surface area contributed by atoms with Gasteiger partial charge in [0.25, 0.3) is 0 Å². The van der Waals surface area contributed by atoms with Gasteiger partial charge in [-0.3, -0.25) is 9.36 Å². The average Bonchev–Trinajstić information content (AvgIpc) is 3.11. The van der Waals surface area contributed by atoms with Crippen LogP contribution in [0.2, 0.25) is 0 Å². The van der Waals surface area contributed by atoms with Gasteiger partial charge < -0.3 is 10.1 Å². The number of nitrogens with zero attached hydrogens (tertiary/aromatic N) is 2. The van der Waals surface area contributed by atoms with Crippen molar-refractivity contribution < 1.29 is 9.53 Å². The first-order valence-corrected chi connectivity index (χ1v) is 9.17. The minimum atomic E-state index is -0.283. The topological polar surface area (TPSA) is 56.2 Å². The second-order valence-corrected chi connectivity index (χ2v) is 7.15. The van der Waals surface area contributed by atoms with Crippen LogP contribution >= 0.6 is 11.8 Å². The minimum absolute atomic E-state index is 0.0476. The van der Waals surface area contributed by atoms with Crippen molar-refractivity contribution in [1.82, 2.24) is 9.55 Å². The Bertz CT molecular complexity index is 890. The molecule has 1 unspecified atom stereocenters. The highest BCUT2D eigenvalue weighted by Crippen LogP contribution is 2.26. The van der Waals surface area contributed by atoms with Crippen LogP contribution in [-0.4, -0.2) is 27.8 Å². The Hall–Kier alpha value is -2.73. The van der Waals surface area contributed by atoms with Crippen LogP contribution in [0.3, 0.4) is 0 Å². The van der Waals surface area contributed by atoms with E-state index in [1.165, 1.54) is 11.8 Å². The summed E-state index contributed by atoms with van der Waals surface area (Å²) in [5.41, 5.74) is 2.85. The highest BCUT2D eigenvalue weighted by molar-refractivity contribution is 8.00. The maximum absolute atomic E-state index is 12.5. The molecule has 0 saturated carbocycles. The third kappa shape index (κ3) is 4.08. The van der Waals surface area contributed by atoms with Crippen LogP contribution in [0.25, 0.3) is 5.69 Å². The molecule has 3 aromatic rings. The number of amides is 1. The van der Waals surface area contributed by atoms with Crippen molar-refractivity contribution in [3.8, 4) is 11.4 Å². The van der Waals surface area contributed by atoms with Gasteiger partial charge in [-0.2, -0.15) is 0 Å². The number of aryl methyl sites for hydroxylation is 1. The number of imidazole rings is 1. The second-order valence-electron chi connectivity index (χ2n) is 5.84. The summed E-state index contributed by atoms with van der Waals surface area (Å²) in [5.74, 6) is 0.752. The van der Waals surface area contributed by atoms with E-state index in [2.05, 4.69) is 10.3 Å². The molecule has 0 spiro atoms. The van der Waals surface area contributed by atoms with Gasteiger partial charge in [0.2, 0.25) is 5.91 Å². The Labute approximate surface area is 157 Å². The molecule has 1 heterocycles. The van der Waals surface area contributed by atoms with E-state index in [1.807, 2.05) is 73.1 Å². The molecule has 5 nitrogen and oxygen atoms in total. The van der Waals surface area contributed by atoms with Crippen LogP contribution in [0.4, 0.5) is 5.69 Å². The molecule has 0 saturated heterocycles. The lowest BCUT2D eigenvalue weighted by Gasteiger charge is -2.14. The summed E-state index contributed by atoms with van der Waals surface area (Å²) in [5, 5.41) is 3.47. The Kier molecular flexibility index (Phi) is 5.63. The summed E-state index contributed by atoms with van der Waals surface area (Å²) in [6.07, 6.45) is 3.62. The molecular weight excluding hydrogens is 346 g/mol. The lowest BCUT2D eigenvalue weighted by atomic mass is 10.2. The fourth-order valence-corrected chi connectivity index (χ4v) is 3.36. The Morgan fingerprint density at radius 2 is 1.92 bits per heavy atom. The average molecular weight is 367 g/mol. The number of anilines is 1. The maximum Gasteiger partial charge on any atom is 0.237 e. The minimum Gasteiger partial charge on any atom is -0.497 e. The fraction of sp³-hybridized carbons (Fsp3) is 0.200. The zero-order valence-electron chi connectivity index (χ0n) is 15.0. The normalized spacial score (nSPS) is 11.8. The Morgan fingerprint density at radius 3 is 2.62 bits per heavy atom. The van der Waals surface area contributed by atoms with Gasteiger partial charge in [0.15, 0.2) is 5.16 Å². The summed E-state index contributed by atoms with van der Waals surface area (Å²) in [7, 11) is 1.64. The van der Waals surface area contributed by atoms with Gasteiger partial charge in [-0.1, -0.05) is 30.0 Å². The molecule has 1 amide bonds. The fourth-order valence-electron chi connectivity index (χ4n) is 2.48.